The highest BCUT2D eigenvalue weighted by atomic mass is 79.9. The molecule has 134 valence electrons. The third-order valence-electron chi connectivity index (χ3n) is 4.53. The molecular formula is C20H25BrN2OS. The molecule has 0 spiro atoms. The molecule has 0 radical (unpaired) electrons. The van der Waals surface area contributed by atoms with Crippen LogP contribution in [0.1, 0.15) is 60.1 Å². The average molecular weight is 421 g/mol. The van der Waals surface area contributed by atoms with E-state index in [4.69, 9.17) is 0 Å². The summed E-state index contributed by atoms with van der Waals surface area (Å²) in [6.45, 7) is 11.8. The van der Waals surface area contributed by atoms with Crippen molar-refractivity contribution in [2.45, 2.75) is 59.4 Å². The second-order valence-corrected chi connectivity index (χ2v) is 9.84. The quantitative estimate of drug-likeness (QED) is 0.656. The Labute approximate surface area is 161 Å². The lowest BCUT2D eigenvalue weighted by Crippen LogP contribution is -2.20. The third-order valence-corrected chi connectivity index (χ3v) is 6.79. The zero-order chi connectivity index (χ0) is 18.4. The fourth-order valence-corrected chi connectivity index (χ4v) is 4.84. The van der Waals surface area contributed by atoms with Crippen molar-refractivity contribution in [1.82, 2.24) is 4.57 Å². The summed E-state index contributed by atoms with van der Waals surface area (Å²) >= 11 is 5.15. The number of rotatable bonds is 3. The first-order chi connectivity index (χ1) is 11.7. The number of carbonyl (C=O) groups is 1. The van der Waals surface area contributed by atoms with E-state index in [9.17, 15) is 4.79 Å². The Balaban J connectivity index is 2.07. The van der Waals surface area contributed by atoms with Gasteiger partial charge in [0.25, 0.3) is 5.91 Å². The van der Waals surface area contributed by atoms with Gasteiger partial charge in [-0.25, -0.2) is 0 Å². The smallest absolute Gasteiger partial charge is 0.280 e. The van der Waals surface area contributed by atoms with Crippen LogP contribution in [0.25, 0.3) is 0 Å². The summed E-state index contributed by atoms with van der Waals surface area (Å²) in [5.41, 5.74) is 3.04. The number of halogens is 1. The highest BCUT2D eigenvalue weighted by Crippen LogP contribution is 2.33. The first kappa shape index (κ1) is 18.6. The first-order valence-electron chi connectivity index (χ1n) is 8.72. The van der Waals surface area contributed by atoms with Crippen LogP contribution in [0.15, 0.2) is 27.7 Å². The number of aromatic nitrogens is 1. The van der Waals surface area contributed by atoms with E-state index < -0.39 is 0 Å². The summed E-state index contributed by atoms with van der Waals surface area (Å²) in [6, 6.07) is 5.76. The van der Waals surface area contributed by atoms with Crippen LogP contribution >= 0.6 is 27.3 Å². The van der Waals surface area contributed by atoms with Gasteiger partial charge in [-0.05, 0) is 71.6 Å². The Kier molecular flexibility index (Phi) is 5.09. The number of carbonyl (C=O) groups excluding carboxylic acids is 1. The Bertz CT molecular complexity index is 882. The SMILES string of the molecule is Cc1ccc(C(=O)/N=c2\sc(C(C)(C)C)c(C)n2CC2CC2)c(Br)c1. The monoisotopic (exact) mass is 420 g/mol. The zero-order valence-corrected chi connectivity index (χ0v) is 17.9. The number of hydrogen-bond acceptors (Lipinski definition) is 2. The molecule has 0 atom stereocenters. The molecule has 1 aromatic carbocycles. The molecule has 25 heavy (non-hydrogen) atoms. The van der Waals surface area contributed by atoms with Crippen molar-refractivity contribution in [2.75, 3.05) is 0 Å². The number of aryl methyl sites for hydroxylation is 1. The Morgan fingerprint density at radius 1 is 1.32 bits per heavy atom. The van der Waals surface area contributed by atoms with E-state index in [0.717, 1.165) is 27.3 Å². The topological polar surface area (TPSA) is 34.4 Å². The number of benzene rings is 1. The van der Waals surface area contributed by atoms with E-state index in [1.807, 2.05) is 25.1 Å². The van der Waals surface area contributed by atoms with E-state index in [0.29, 0.717) is 5.56 Å². The van der Waals surface area contributed by atoms with Gasteiger partial charge in [0, 0.05) is 21.6 Å². The second kappa shape index (κ2) is 6.84. The Morgan fingerprint density at radius 2 is 2.00 bits per heavy atom. The van der Waals surface area contributed by atoms with E-state index >= 15 is 0 Å². The summed E-state index contributed by atoms with van der Waals surface area (Å²) in [7, 11) is 0. The van der Waals surface area contributed by atoms with Crippen LogP contribution in [0, 0.1) is 19.8 Å². The molecule has 1 aromatic heterocycles. The fourth-order valence-electron chi connectivity index (χ4n) is 2.98. The maximum atomic E-state index is 12.8. The van der Waals surface area contributed by atoms with Crippen molar-refractivity contribution >= 4 is 33.2 Å². The summed E-state index contributed by atoms with van der Waals surface area (Å²) < 4.78 is 3.06. The minimum Gasteiger partial charge on any atom is -0.320 e. The molecule has 1 aliphatic rings. The van der Waals surface area contributed by atoms with Crippen LogP contribution < -0.4 is 4.80 Å². The fraction of sp³-hybridized carbons (Fsp3) is 0.500. The molecule has 1 aliphatic carbocycles. The maximum Gasteiger partial charge on any atom is 0.280 e. The molecule has 0 bridgehead atoms. The molecule has 5 heteroatoms. The third kappa shape index (κ3) is 4.14. The average Bonchev–Trinajstić information content (AvgIpc) is 3.25. The second-order valence-electron chi connectivity index (χ2n) is 8.00. The molecule has 0 unspecified atom stereocenters. The summed E-state index contributed by atoms with van der Waals surface area (Å²) in [6.07, 6.45) is 2.56. The molecule has 0 saturated heterocycles. The van der Waals surface area contributed by atoms with Gasteiger partial charge in [-0.2, -0.15) is 4.99 Å². The van der Waals surface area contributed by atoms with Crippen molar-refractivity contribution in [3.8, 4) is 0 Å². The van der Waals surface area contributed by atoms with Crippen LogP contribution in [0.4, 0.5) is 0 Å². The lowest BCUT2D eigenvalue weighted by atomic mass is 9.93. The predicted molar refractivity (Wildman–Crippen MR) is 107 cm³/mol. The molecule has 0 aliphatic heterocycles. The van der Waals surface area contributed by atoms with Gasteiger partial charge in [0.2, 0.25) is 0 Å². The first-order valence-corrected chi connectivity index (χ1v) is 10.3. The lowest BCUT2D eigenvalue weighted by molar-refractivity contribution is 0.0997. The van der Waals surface area contributed by atoms with Crippen molar-refractivity contribution < 1.29 is 4.79 Å². The van der Waals surface area contributed by atoms with Crippen LogP contribution in [-0.4, -0.2) is 10.5 Å². The minimum atomic E-state index is -0.182. The Hall–Kier alpha value is -1.20. The highest BCUT2D eigenvalue weighted by molar-refractivity contribution is 9.10. The molecule has 1 amide bonds. The van der Waals surface area contributed by atoms with Crippen molar-refractivity contribution in [3.05, 3.63) is 49.2 Å². The van der Waals surface area contributed by atoms with Gasteiger partial charge in [0.05, 0.1) is 5.56 Å². The number of amides is 1. The zero-order valence-electron chi connectivity index (χ0n) is 15.5. The molecule has 1 saturated carbocycles. The van der Waals surface area contributed by atoms with E-state index in [2.05, 4.69) is 53.2 Å². The molecule has 1 fully saturated rings. The van der Waals surface area contributed by atoms with Crippen LogP contribution in [0.3, 0.4) is 0 Å². The molecule has 2 aromatic rings. The van der Waals surface area contributed by atoms with Crippen LogP contribution in [-0.2, 0) is 12.0 Å². The van der Waals surface area contributed by atoms with Gasteiger partial charge in [-0.3, -0.25) is 4.79 Å². The van der Waals surface area contributed by atoms with Crippen molar-refractivity contribution in [2.24, 2.45) is 10.9 Å². The lowest BCUT2D eigenvalue weighted by Gasteiger charge is -2.17. The summed E-state index contributed by atoms with van der Waals surface area (Å²) in [5, 5.41) is 0. The van der Waals surface area contributed by atoms with Crippen LogP contribution in [0.2, 0.25) is 0 Å². The van der Waals surface area contributed by atoms with Crippen molar-refractivity contribution in [1.29, 1.82) is 0 Å². The van der Waals surface area contributed by atoms with Gasteiger partial charge >= 0.3 is 0 Å². The minimum absolute atomic E-state index is 0.0569. The largest absolute Gasteiger partial charge is 0.320 e. The van der Waals surface area contributed by atoms with E-state index in [1.165, 1.54) is 23.4 Å². The molecule has 0 N–H and O–H groups in total. The van der Waals surface area contributed by atoms with Gasteiger partial charge in [0.15, 0.2) is 4.80 Å². The van der Waals surface area contributed by atoms with Gasteiger partial charge in [-0.1, -0.05) is 26.8 Å². The molecule has 1 heterocycles. The molecular weight excluding hydrogens is 396 g/mol. The highest BCUT2D eigenvalue weighted by Gasteiger charge is 2.27. The molecule has 3 rings (SSSR count). The van der Waals surface area contributed by atoms with Gasteiger partial charge in [0.1, 0.15) is 0 Å². The summed E-state index contributed by atoms with van der Waals surface area (Å²) in [5.74, 6) is 0.555. The maximum absolute atomic E-state index is 12.8. The predicted octanol–water partition coefficient (Wildman–Crippen LogP) is 5.38. The number of nitrogens with zero attached hydrogens (tertiary/aromatic N) is 2. The van der Waals surface area contributed by atoms with E-state index in [1.54, 1.807) is 11.3 Å². The number of hydrogen-bond donors (Lipinski definition) is 0. The van der Waals surface area contributed by atoms with Crippen LogP contribution in [0.5, 0.6) is 0 Å². The van der Waals surface area contributed by atoms with Crippen molar-refractivity contribution in [3.63, 3.8) is 0 Å². The molecule has 3 nitrogen and oxygen atoms in total. The van der Waals surface area contributed by atoms with E-state index in [-0.39, 0.29) is 11.3 Å². The Morgan fingerprint density at radius 3 is 2.56 bits per heavy atom. The normalized spacial score (nSPS) is 15.7. The van der Waals surface area contributed by atoms with Gasteiger partial charge in [-0.15, -0.1) is 11.3 Å². The van der Waals surface area contributed by atoms with Gasteiger partial charge < -0.3 is 4.57 Å². The summed E-state index contributed by atoms with van der Waals surface area (Å²) in [4.78, 5) is 19.4. The number of thiazole rings is 1. The standard InChI is InChI=1S/C20H25BrN2OS/c1-12-6-9-15(16(21)10-12)18(24)22-19-23(11-14-7-8-14)13(2)17(25-19)20(3,4)5/h6,9-10,14H,7-8,11H2,1-5H3/b22-19-.